The highest BCUT2D eigenvalue weighted by atomic mass is 32.1. The van der Waals surface area contributed by atoms with Crippen LogP contribution in [0.15, 0.2) is 41.8 Å². The Kier molecular flexibility index (Phi) is 2.77. The molecule has 0 radical (unpaired) electrons. The maximum Gasteiger partial charge on any atom is 0.0346 e. The Morgan fingerprint density at radius 1 is 1.12 bits per heavy atom. The van der Waals surface area contributed by atoms with Crippen molar-refractivity contribution < 1.29 is 0 Å². The zero-order valence-electron chi connectivity index (χ0n) is 9.15. The topological polar surface area (TPSA) is 12.0 Å². The molecule has 1 unspecified atom stereocenters. The van der Waals surface area contributed by atoms with Crippen molar-refractivity contribution in [1.82, 2.24) is 5.32 Å². The van der Waals surface area contributed by atoms with Crippen LogP contribution in [-0.2, 0) is 0 Å². The molecule has 1 nitrogen and oxygen atoms in total. The van der Waals surface area contributed by atoms with Gasteiger partial charge in [0.25, 0.3) is 0 Å². The molecule has 1 aliphatic heterocycles. The lowest BCUT2D eigenvalue weighted by atomic mass is 9.98. The maximum atomic E-state index is 3.58. The van der Waals surface area contributed by atoms with Gasteiger partial charge in [-0.1, -0.05) is 30.3 Å². The molecule has 0 amide bonds. The molecule has 0 spiro atoms. The van der Waals surface area contributed by atoms with Crippen molar-refractivity contribution in [3.05, 3.63) is 47.3 Å². The highest BCUT2D eigenvalue weighted by Gasteiger charge is 2.19. The summed E-state index contributed by atoms with van der Waals surface area (Å²) in [4.78, 5) is 1.38. The van der Waals surface area contributed by atoms with Crippen molar-refractivity contribution >= 4 is 11.3 Å². The number of benzene rings is 1. The van der Waals surface area contributed by atoms with Crippen molar-refractivity contribution in [3.63, 3.8) is 0 Å². The Bertz CT molecular complexity index is 455. The molecule has 1 N–H and O–H groups in total. The van der Waals surface area contributed by atoms with E-state index in [4.69, 9.17) is 0 Å². The van der Waals surface area contributed by atoms with Crippen LogP contribution < -0.4 is 5.32 Å². The Labute approximate surface area is 100 Å². The van der Waals surface area contributed by atoms with E-state index in [1.165, 1.54) is 28.8 Å². The average molecular weight is 229 g/mol. The van der Waals surface area contributed by atoms with Crippen molar-refractivity contribution in [2.45, 2.75) is 18.9 Å². The normalized spacial score (nSPS) is 20.1. The van der Waals surface area contributed by atoms with Gasteiger partial charge >= 0.3 is 0 Å². The highest BCUT2D eigenvalue weighted by Crippen LogP contribution is 2.34. The third-order valence-electron chi connectivity index (χ3n) is 3.18. The number of thiophene rings is 1. The Hall–Kier alpha value is -1.12. The minimum absolute atomic E-state index is 0.554. The Morgan fingerprint density at radius 3 is 2.81 bits per heavy atom. The van der Waals surface area contributed by atoms with E-state index in [1.54, 1.807) is 0 Å². The largest absolute Gasteiger partial charge is 0.310 e. The lowest BCUT2D eigenvalue weighted by Crippen LogP contribution is -2.13. The Morgan fingerprint density at radius 2 is 2.06 bits per heavy atom. The molecule has 3 rings (SSSR count). The lowest BCUT2D eigenvalue weighted by molar-refractivity contribution is 0.649. The molecule has 2 heterocycles. The number of hydrogen-bond acceptors (Lipinski definition) is 2. The van der Waals surface area contributed by atoms with Crippen LogP contribution in [0.25, 0.3) is 10.4 Å². The van der Waals surface area contributed by atoms with Crippen LogP contribution in [-0.4, -0.2) is 6.54 Å². The molecule has 0 bridgehead atoms. The fourth-order valence-electron chi connectivity index (χ4n) is 2.41. The van der Waals surface area contributed by atoms with Crippen molar-refractivity contribution in [1.29, 1.82) is 0 Å². The number of nitrogens with one attached hydrogen (secondary N) is 1. The van der Waals surface area contributed by atoms with Crippen LogP contribution in [0, 0.1) is 0 Å². The molecule has 1 saturated heterocycles. The smallest absolute Gasteiger partial charge is 0.0346 e. The van der Waals surface area contributed by atoms with E-state index >= 15 is 0 Å². The first-order chi connectivity index (χ1) is 7.95. The molecule has 2 heteroatoms. The van der Waals surface area contributed by atoms with Crippen LogP contribution >= 0.6 is 11.3 Å². The van der Waals surface area contributed by atoms with Crippen molar-refractivity contribution in [3.8, 4) is 10.4 Å². The lowest BCUT2D eigenvalue weighted by Gasteiger charge is -2.14. The maximum absolute atomic E-state index is 3.58. The van der Waals surface area contributed by atoms with Crippen LogP contribution in [0.2, 0.25) is 0 Å². The molecular formula is C14H15NS. The number of hydrogen-bond donors (Lipinski definition) is 1. The van der Waals surface area contributed by atoms with E-state index < -0.39 is 0 Å². The van der Waals surface area contributed by atoms with E-state index in [9.17, 15) is 0 Å². The minimum atomic E-state index is 0.554. The fraction of sp³-hybridized carbons (Fsp3) is 0.286. The van der Waals surface area contributed by atoms with E-state index in [-0.39, 0.29) is 0 Å². The molecule has 82 valence electrons. The van der Waals surface area contributed by atoms with Gasteiger partial charge in [-0.05, 0) is 42.0 Å². The SMILES string of the molecule is c1csc(-c2ccccc2C2CCCN2)c1. The quantitative estimate of drug-likeness (QED) is 0.825. The summed E-state index contributed by atoms with van der Waals surface area (Å²) in [5.41, 5.74) is 2.86. The fourth-order valence-corrected chi connectivity index (χ4v) is 3.18. The highest BCUT2D eigenvalue weighted by molar-refractivity contribution is 7.13. The van der Waals surface area contributed by atoms with Gasteiger partial charge in [0.2, 0.25) is 0 Å². The zero-order valence-corrected chi connectivity index (χ0v) is 9.96. The monoisotopic (exact) mass is 229 g/mol. The molecule has 1 fully saturated rings. The molecule has 0 aliphatic carbocycles. The summed E-state index contributed by atoms with van der Waals surface area (Å²) >= 11 is 1.82. The summed E-state index contributed by atoms with van der Waals surface area (Å²) in [5, 5.41) is 5.73. The molecule has 1 aromatic carbocycles. The minimum Gasteiger partial charge on any atom is -0.310 e. The molecular weight excluding hydrogens is 214 g/mol. The van der Waals surface area contributed by atoms with Crippen LogP contribution in [0.5, 0.6) is 0 Å². The van der Waals surface area contributed by atoms with Gasteiger partial charge in [0.15, 0.2) is 0 Å². The summed E-state index contributed by atoms with van der Waals surface area (Å²) in [6.45, 7) is 1.16. The van der Waals surface area contributed by atoms with Gasteiger partial charge in [-0.25, -0.2) is 0 Å². The first-order valence-corrected chi connectivity index (χ1v) is 6.69. The van der Waals surface area contributed by atoms with Crippen LogP contribution in [0.1, 0.15) is 24.4 Å². The zero-order chi connectivity index (χ0) is 10.8. The third-order valence-corrected chi connectivity index (χ3v) is 4.09. The van der Waals surface area contributed by atoms with E-state index in [2.05, 4.69) is 47.1 Å². The van der Waals surface area contributed by atoms with Crippen LogP contribution in [0.4, 0.5) is 0 Å². The second-order valence-corrected chi connectivity index (χ2v) is 5.16. The second-order valence-electron chi connectivity index (χ2n) is 4.21. The molecule has 1 atom stereocenters. The van der Waals surface area contributed by atoms with Gasteiger partial charge in [-0.3, -0.25) is 0 Å². The van der Waals surface area contributed by atoms with Gasteiger partial charge in [-0.15, -0.1) is 11.3 Å². The van der Waals surface area contributed by atoms with E-state index in [0.29, 0.717) is 6.04 Å². The second kappa shape index (κ2) is 4.40. The van der Waals surface area contributed by atoms with Crippen LogP contribution in [0.3, 0.4) is 0 Å². The summed E-state index contributed by atoms with van der Waals surface area (Å²) in [7, 11) is 0. The van der Waals surface area contributed by atoms with E-state index in [0.717, 1.165) is 6.54 Å². The van der Waals surface area contributed by atoms with Gasteiger partial charge in [-0.2, -0.15) is 0 Å². The van der Waals surface area contributed by atoms with Gasteiger partial charge in [0.1, 0.15) is 0 Å². The predicted octanol–water partition coefficient (Wildman–Crippen LogP) is 3.84. The van der Waals surface area contributed by atoms with Gasteiger partial charge in [0.05, 0.1) is 0 Å². The molecule has 0 saturated carbocycles. The molecule has 1 aliphatic rings. The summed E-state index contributed by atoms with van der Waals surface area (Å²) in [6, 6.07) is 13.7. The standard InChI is InChI=1S/C14H15NS/c1-2-6-12(14-8-4-10-16-14)11(5-1)13-7-3-9-15-13/h1-2,4-6,8,10,13,15H,3,7,9H2. The summed E-state index contributed by atoms with van der Waals surface area (Å²) in [6.07, 6.45) is 2.56. The molecule has 1 aromatic heterocycles. The third kappa shape index (κ3) is 1.79. The van der Waals surface area contributed by atoms with Crippen molar-refractivity contribution in [2.75, 3.05) is 6.54 Å². The first-order valence-electron chi connectivity index (χ1n) is 5.81. The van der Waals surface area contributed by atoms with Crippen molar-refractivity contribution in [2.24, 2.45) is 0 Å². The van der Waals surface area contributed by atoms with Gasteiger partial charge < -0.3 is 5.32 Å². The first kappa shape index (κ1) is 10.1. The molecule has 2 aromatic rings. The predicted molar refractivity (Wildman–Crippen MR) is 69.7 cm³/mol. The number of rotatable bonds is 2. The van der Waals surface area contributed by atoms with Gasteiger partial charge in [0, 0.05) is 10.9 Å². The van der Waals surface area contributed by atoms with E-state index in [1.807, 2.05) is 11.3 Å². The summed E-state index contributed by atoms with van der Waals surface area (Å²) < 4.78 is 0. The average Bonchev–Trinajstić information content (AvgIpc) is 3.03. The molecule has 16 heavy (non-hydrogen) atoms. The summed E-state index contributed by atoms with van der Waals surface area (Å²) in [5.74, 6) is 0. The Balaban J connectivity index is 2.04.